The summed E-state index contributed by atoms with van der Waals surface area (Å²) < 4.78 is 0. The zero-order chi connectivity index (χ0) is 27.3. The molecular formula is C37H30N4. The Morgan fingerprint density at radius 3 is 2.66 bits per heavy atom. The molecule has 0 saturated carbocycles. The van der Waals surface area contributed by atoms with Crippen LogP contribution in [0.1, 0.15) is 47.9 Å². The minimum Gasteiger partial charge on any atom is -0.332 e. The van der Waals surface area contributed by atoms with Crippen LogP contribution in [-0.4, -0.2) is 11.0 Å². The van der Waals surface area contributed by atoms with Crippen molar-refractivity contribution in [3.05, 3.63) is 155 Å². The summed E-state index contributed by atoms with van der Waals surface area (Å²) in [5.74, 6) is 1.05. The monoisotopic (exact) mass is 530 g/mol. The minimum atomic E-state index is 0.205. The highest BCUT2D eigenvalue weighted by atomic mass is 15.2. The molecule has 198 valence electrons. The number of para-hydroxylation sites is 1. The van der Waals surface area contributed by atoms with Crippen LogP contribution < -0.4 is 9.80 Å². The average molecular weight is 531 g/mol. The molecule has 2 aliphatic heterocycles. The third kappa shape index (κ3) is 3.92. The normalized spacial score (nSPS) is 25.3. The number of anilines is 3. The number of hydrogen-bond acceptors (Lipinski definition) is 4. The summed E-state index contributed by atoms with van der Waals surface area (Å²) in [4.78, 5) is 9.24. The van der Waals surface area contributed by atoms with E-state index >= 15 is 0 Å². The molecule has 0 amide bonds. The molecule has 0 radical (unpaired) electrons. The van der Waals surface area contributed by atoms with Crippen LogP contribution in [0.4, 0.5) is 17.1 Å². The van der Waals surface area contributed by atoms with E-state index in [1.165, 1.54) is 39.5 Å². The predicted octanol–water partition coefficient (Wildman–Crippen LogP) is 8.35. The summed E-state index contributed by atoms with van der Waals surface area (Å²) >= 11 is 0. The topological polar surface area (TPSA) is 43.2 Å². The van der Waals surface area contributed by atoms with Crippen molar-refractivity contribution in [3.63, 3.8) is 0 Å². The van der Waals surface area contributed by atoms with Gasteiger partial charge in [-0.15, -0.1) is 0 Å². The van der Waals surface area contributed by atoms with Gasteiger partial charge in [-0.25, -0.2) is 4.98 Å². The molecule has 2 bridgehead atoms. The van der Waals surface area contributed by atoms with Crippen molar-refractivity contribution in [1.29, 1.82) is 5.26 Å². The molecule has 41 heavy (non-hydrogen) atoms. The molecule has 4 unspecified atom stereocenters. The first-order valence-corrected chi connectivity index (χ1v) is 14.6. The second-order valence-corrected chi connectivity index (χ2v) is 11.4. The molecule has 0 saturated heterocycles. The second kappa shape index (κ2) is 9.64. The summed E-state index contributed by atoms with van der Waals surface area (Å²) in [5, 5.41) is 9.29. The molecule has 3 aromatic rings. The molecule has 1 aromatic heterocycles. The van der Waals surface area contributed by atoms with Gasteiger partial charge in [0.05, 0.1) is 17.9 Å². The molecule has 4 atom stereocenters. The van der Waals surface area contributed by atoms with Crippen LogP contribution in [0.15, 0.2) is 139 Å². The Bertz CT molecular complexity index is 1750. The molecule has 3 aliphatic carbocycles. The van der Waals surface area contributed by atoms with Crippen LogP contribution in [0.3, 0.4) is 0 Å². The highest BCUT2D eigenvalue weighted by molar-refractivity contribution is 5.76. The first-order chi connectivity index (χ1) is 20.3. The van der Waals surface area contributed by atoms with Crippen molar-refractivity contribution in [2.24, 2.45) is 5.92 Å². The number of allylic oxidation sites excluding steroid dienone is 8. The van der Waals surface area contributed by atoms with Crippen molar-refractivity contribution in [1.82, 2.24) is 4.98 Å². The average Bonchev–Trinajstić information content (AvgIpc) is 3.21. The van der Waals surface area contributed by atoms with Gasteiger partial charge in [0.1, 0.15) is 11.8 Å². The number of aromatic nitrogens is 1. The van der Waals surface area contributed by atoms with Gasteiger partial charge in [-0.05, 0) is 72.4 Å². The van der Waals surface area contributed by atoms with E-state index in [-0.39, 0.29) is 6.04 Å². The van der Waals surface area contributed by atoms with Gasteiger partial charge in [0, 0.05) is 40.5 Å². The lowest BCUT2D eigenvalue weighted by Crippen LogP contribution is -2.30. The number of rotatable bonds is 3. The predicted molar refractivity (Wildman–Crippen MR) is 165 cm³/mol. The van der Waals surface area contributed by atoms with E-state index in [4.69, 9.17) is 0 Å². The molecule has 4 nitrogen and oxygen atoms in total. The summed E-state index contributed by atoms with van der Waals surface area (Å²) in [6, 6.07) is 24.0. The highest BCUT2D eigenvalue weighted by Gasteiger charge is 2.38. The fourth-order valence-corrected chi connectivity index (χ4v) is 7.19. The summed E-state index contributed by atoms with van der Waals surface area (Å²) in [7, 11) is 0. The third-order valence-electron chi connectivity index (χ3n) is 9.11. The maximum absolute atomic E-state index is 9.29. The molecular weight excluding hydrogens is 500 g/mol. The maximum atomic E-state index is 9.29. The largest absolute Gasteiger partial charge is 0.332 e. The van der Waals surface area contributed by atoms with E-state index in [1.54, 1.807) is 0 Å². The number of pyridine rings is 1. The van der Waals surface area contributed by atoms with Crippen LogP contribution in [0.2, 0.25) is 0 Å². The van der Waals surface area contributed by atoms with Crippen molar-refractivity contribution >= 4 is 17.1 Å². The molecule has 2 aromatic carbocycles. The summed E-state index contributed by atoms with van der Waals surface area (Å²) in [6.07, 6.45) is 26.0. The number of hydrogen-bond donors (Lipinski definition) is 0. The van der Waals surface area contributed by atoms with Gasteiger partial charge in [0.25, 0.3) is 0 Å². The molecule has 8 rings (SSSR count). The Hall–Kier alpha value is -4.88. The highest BCUT2D eigenvalue weighted by Crippen LogP contribution is 2.50. The maximum Gasteiger partial charge on any atom is 0.140 e. The number of benzene rings is 2. The minimum absolute atomic E-state index is 0.205. The van der Waals surface area contributed by atoms with Crippen LogP contribution in [-0.2, 0) is 0 Å². The van der Waals surface area contributed by atoms with E-state index in [1.807, 2.05) is 18.3 Å². The summed E-state index contributed by atoms with van der Waals surface area (Å²) in [6.45, 7) is 0. The van der Waals surface area contributed by atoms with Crippen molar-refractivity contribution in [2.45, 2.75) is 37.1 Å². The van der Waals surface area contributed by atoms with E-state index in [2.05, 4.69) is 124 Å². The Morgan fingerprint density at radius 2 is 1.80 bits per heavy atom. The number of nitriles is 1. The van der Waals surface area contributed by atoms with Gasteiger partial charge in [-0.1, -0.05) is 78.9 Å². The van der Waals surface area contributed by atoms with Crippen molar-refractivity contribution in [3.8, 4) is 6.07 Å². The van der Waals surface area contributed by atoms with E-state index < -0.39 is 0 Å². The summed E-state index contributed by atoms with van der Waals surface area (Å²) in [5.41, 5.74) is 10.7. The molecule has 0 spiro atoms. The smallest absolute Gasteiger partial charge is 0.140 e. The number of fused-ring (bicyclic) bond motifs is 6. The van der Waals surface area contributed by atoms with Gasteiger partial charge in [0.2, 0.25) is 0 Å². The van der Waals surface area contributed by atoms with Crippen LogP contribution >= 0.6 is 0 Å². The Labute approximate surface area is 241 Å². The lowest BCUT2D eigenvalue weighted by Gasteiger charge is -2.39. The zero-order valence-corrected chi connectivity index (χ0v) is 22.8. The van der Waals surface area contributed by atoms with Gasteiger partial charge < -0.3 is 9.80 Å². The van der Waals surface area contributed by atoms with E-state index in [9.17, 15) is 5.26 Å². The quantitative estimate of drug-likeness (QED) is 0.341. The zero-order valence-electron chi connectivity index (χ0n) is 22.8. The van der Waals surface area contributed by atoms with Gasteiger partial charge in [-0.3, -0.25) is 0 Å². The molecule has 3 heterocycles. The van der Waals surface area contributed by atoms with Crippen LogP contribution in [0, 0.1) is 17.2 Å². The van der Waals surface area contributed by atoms with Crippen molar-refractivity contribution < 1.29 is 0 Å². The second-order valence-electron chi connectivity index (χ2n) is 11.4. The Balaban J connectivity index is 1.19. The first kappa shape index (κ1) is 24.0. The Kier molecular flexibility index (Phi) is 5.63. The van der Waals surface area contributed by atoms with Gasteiger partial charge in [-0.2, -0.15) is 5.26 Å². The van der Waals surface area contributed by atoms with Gasteiger partial charge in [0.15, 0.2) is 0 Å². The first-order valence-electron chi connectivity index (χ1n) is 14.6. The third-order valence-corrected chi connectivity index (χ3v) is 9.11. The lowest BCUT2D eigenvalue weighted by molar-refractivity contribution is 0.653. The van der Waals surface area contributed by atoms with E-state index in [0.717, 1.165) is 24.9 Å². The SMILES string of the molecule is N#Cc1ccc(N2c3cc(C4C=C5C(=CC4)N(c4ccccc4)C4=CC5CCC=C4)ccc3C3C=CC=CC32)cn1. The molecule has 5 aliphatic rings. The standard InChI is InChI=1S/C37H30N4/c38-23-28-16-17-31(24-39-28)41-35-13-7-6-12-32(35)33-18-14-26(22-37(33)41)25-15-19-36-34(21-25)27-8-4-5-11-30(20-27)40(36)29-9-2-1-3-10-29/h1-3,5-7,9-14,16-22,24-25,27,32,35H,4,8,15H2. The van der Waals surface area contributed by atoms with Gasteiger partial charge >= 0.3 is 0 Å². The van der Waals surface area contributed by atoms with Crippen LogP contribution in [0.25, 0.3) is 0 Å². The lowest BCUT2D eigenvalue weighted by atomic mass is 9.79. The molecule has 0 N–H and O–H groups in total. The Morgan fingerprint density at radius 1 is 0.902 bits per heavy atom. The molecule has 4 heteroatoms. The van der Waals surface area contributed by atoms with E-state index in [0.29, 0.717) is 23.4 Å². The fraction of sp³-hybridized carbons (Fsp3) is 0.189. The number of nitrogens with zero attached hydrogens (tertiary/aromatic N) is 4. The molecule has 0 fully saturated rings. The fourth-order valence-electron chi connectivity index (χ4n) is 7.19. The van der Waals surface area contributed by atoms with Crippen LogP contribution in [0.5, 0.6) is 0 Å². The van der Waals surface area contributed by atoms with Crippen molar-refractivity contribution in [2.75, 3.05) is 9.80 Å².